The van der Waals surface area contributed by atoms with Crippen LogP contribution < -0.4 is 5.32 Å². The highest BCUT2D eigenvalue weighted by Crippen LogP contribution is 2.23. The van der Waals surface area contributed by atoms with Gasteiger partial charge >= 0.3 is 0 Å². The van der Waals surface area contributed by atoms with Crippen LogP contribution >= 0.6 is 22.7 Å². The van der Waals surface area contributed by atoms with Gasteiger partial charge in [0.15, 0.2) is 0 Å². The summed E-state index contributed by atoms with van der Waals surface area (Å²) < 4.78 is 1.93. The van der Waals surface area contributed by atoms with Crippen LogP contribution in [0.1, 0.15) is 16.1 Å². The summed E-state index contributed by atoms with van der Waals surface area (Å²) in [6.07, 6.45) is 0. The van der Waals surface area contributed by atoms with E-state index in [4.69, 9.17) is 0 Å². The molecule has 0 bridgehead atoms. The third kappa shape index (κ3) is 3.22. The van der Waals surface area contributed by atoms with Crippen LogP contribution in [0.15, 0.2) is 40.4 Å². The van der Waals surface area contributed by atoms with Gasteiger partial charge in [0, 0.05) is 23.2 Å². The monoisotopic (exact) mass is 317 g/mol. The number of rotatable bonds is 5. The molecule has 3 rings (SSSR count). The molecule has 0 saturated heterocycles. The van der Waals surface area contributed by atoms with Crippen LogP contribution in [0.3, 0.4) is 0 Å². The van der Waals surface area contributed by atoms with Crippen LogP contribution in [0.5, 0.6) is 0 Å². The number of carbonyl (C=O) groups excluding carboxylic acids is 1. The van der Waals surface area contributed by atoms with Crippen molar-refractivity contribution in [1.29, 1.82) is 0 Å². The van der Waals surface area contributed by atoms with Crippen molar-refractivity contribution in [2.45, 2.75) is 13.5 Å². The number of hydrogen-bond donors (Lipinski definition) is 1. The minimum absolute atomic E-state index is 0.0282. The summed E-state index contributed by atoms with van der Waals surface area (Å²) in [6.45, 7) is 3.28. The number of aryl methyl sites for hydroxylation is 1. The van der Waals surface area contributed by atoms with E-state index in [1.165, 1.54) is 16.2 Å². The fraction of sp³-hybridized carbons (Fsp3) is 0.200. The first kappa shape index (κ1) is 14.0. The van der Waals surface area contributed by atoms with E-state index < -0.39 is 0 Å². The molecule has 0 spiro atoms. The van der Waals surface area contributed by atoms with E-state index >= 15 is 0 Å². The maximum atomic E-state index is 11.8. The lowest BCUT2D eigenvalue weighted by atomic mass is 10.3. The maximum absolute atomic E-state index is 11.8. The molecule has 0 aliphatic carbocycles. The van der Waals surface area contributed by atoms with Gasteiger partial charge in [-0.2, -0.15) is 16.4 Å². The molecule has 0 saturated carbocycles. The Bertz CT molecular complexity index is 714. The molecule has 3 aromatic heterocycles. The fourth-order valence-electron chi connectivity index (χ4n) is 2.05. The maximum Gasteiger partial charge on any atom is 0.252 e. The van der Waals surface area contributed by atoms with Crippen molar-refractivity contribution in [1.82, 2.24) is 15.1 Å². The molecule has 0 atom stereocenters. The Hall–Kier alpha value is -1.92. The zero-order chi connectivity index (χ0) is 14.7. The number of thiophene rings is 2. The molecule has 0 aromatic carbocycles. The van der Waals surface area contributed by atoms with Crippen LogP contribution in [-0.4, -0.2) is 22.2 Å². The number of carbonyl (C=O) groups is 1. The topological polar surface area (TPSA) is 46.9 Å². The molecule has 0 unspecified atom stereocenters. The molecule has 0 aliphatic rings. The van der Waals surface area contributed by atoms with Gasteiger partial charge in [-0.05, 0) is 35.9 Å². The summed E-state index contributed by atoms with van der Waals surface area (Å²) in [5.41, 5.74) is 2.81. The highest BCUT2D eigenvalue weighted by atomic mass is 32.1. The minimum atomic E-state index is -0.0282. The van der Waals surface area contributed by atoms with Gasteiger partial charge in [0.05, 0.1) is 11.4 Å². The zero-order valence-electron chi connectivity index (χ0n) is 11.6. The molecule has 4 nitrogen and oxygen atoms in total. The molecule has 21 heavy (non-hydrogen) atoms. The molecule has 1 N–H and O–H groups in total. The van der Waals surface area contributed by atoms with Crippen LogP contribution in [-0.2, 0) is 6.54 Å². The van der Waals surface area contributed by atoms with Crippen molar-refractivity contribution >= 4 is 28.6 Å². The fourth-order valence-corrected chi connectivity index (χ4v) is 3.37. The lowest BCUT2D eigenvalue weighted by Crippen LogP contribution is -2.27. The predicted molar refractivity (Wildman–Crippen MR) is 86.9 cm³/mol. The summed E-state index contributed by atoms with van der Waals surface area (Å²) in [5, 5.41) is 13.3. The molecule has 3 aromatic rings. The Morgan fingerprint density at radius 2 is 2.29 bits per heavy atom. The van der Waals surface area contributed by atoms with Gasteiger partial charge in [0.2, 0.25) is 0 Å². The highest BCUT2D eigenvalue weighted by Gasteiger charge is 2.08. The molecule has 0 aliphatic heterocycles. The first-order valence-corrected chi connectivity index (χ1v) is 8.45. The van der Waals surface area contributed by atoms with Crippen LogP contribution in [0, 0.1) is 6.92 Å². The Morgan fingerprint density at radius 1 is 1.38 bits per heavy atom. The van der Waals surface area contributed by atoms with E-state index in [9.17, 15) is 4.79 Å². The van der Waals surface area contributed by atoms with Crippen molar-refractivity contribution in [3.05, 3.63) is 51.7 Å². The first-order valence-electron chi connectivity index (χ1n) is 6.63. The molecular formula is C15H15N3OS2. The smallest absolute Gasteiger partial charge is 0.252 e. The number of nitrogens with zero attached hydrogens (tertiary/aromatic N) is 2. The molecule has 6 heteroatoms. The second kappa shape index (κ2) is 6.24. The van der Waals surface area contributed by atoms with E-state index in [0.29, 0.717) is 13.1 Å². The number of amides is 1. The van der Waals surface area contributed by atoms with Gasteiger partial charge in [-0.15, -0.1) is 11.3 Å². The van der Waals surface area contributed by atoms with Crippen molar-refractivity contribution < 1.29 is 4.79 Å². The third-order valence-electron chi connectivity index (χ3n) is 3.15. The van der Waals surface area contributed by atoms with Gasteiger partial charge in [0.1, 0.15) is 5.69 Å². The van der Waals surface area contributed by atoms with Crippen molar-refractivity contribution in [2.24, 2.45) is 0 Å². The SMILES string of the molecule is Cc1cc(-c2cccs2)nn1CCNC(=O)c1ccsc1. The average molecular weight is 317 g/mol. The Kier molecular flexibility index (Phi) is 4.17. The lowest BCUT2D eigenvalue weighted by Gasteiger charge is -2.06. The summed E-state index contributed by atoms with van der Waals surface area (Å²) >= 11 is 3.21. The third-order valence-corrected chi connectivity index (χ3v) is 4.72. The Morgan fingerprint density at radius 3 is 3.00 bits per heavy atom. The standard InChI is InChI=1S/C15H15N3OS2/c1-11-9-13(14-3-2-7-21-14)17-18(11)6-5-16-15(19)12-4-8-20-10-12/h2-4,7-10H,5-6H2,1H3,(H,16,19). The molecule has 3 heterocycles. The Labute approximate surface area is 131 Å². The molecular weight excluding hydrogens is 302 g/mol. The van der Waals surface area contributed by atoms with Crippen LogP contribution in [0.25, 0.3) is 10.6 Å². The summed E-state index contributed by atoms with van der Waals surface area (Å²) in [6, 6.07) is 7.99. The van der Waals surface area contributed by atoms with E-state index in [0.717, 1.165) is 17.0 Å². The second-order valence-electron chi connectivity index (χ2n) is 4.64. The quantitative estimate of drug-likeness (QED) is 0.784. The highest BCUT2D eigenvalue weighted by molar-refractivity contribution is 7.13. The number of nitrogens with one attached hydrogen (secondary N) is 1. The number of aromatic nitrogens is 2. The molecule has 1 amide bonds. The summed E-state index contributed by atoms with van der Waals surface area (Å²) in [5.74, 6) is -0.0282. The average Bonchev–Trinajstić information content (AvgIpc) is 3.20. The van der Waals surface area contributed by atoms with Gasteiger partial charge < -0.3 is 5.32 Å². The van der Waals surface area contributed by atoms with Gasteiger partial charge in [0.25, 0.3) is 5.91 Å². The molecule has 0 radical (unpaired) electrons. The van der Waals surface area contributed by atoms with Gasteiger partial charge in [-0.1, -0.05) is 6.07 Å². The first-order chi connectivity index (χ1) is 10.2. The zero-order valence-corrected chi connectivity index (χ0v) is 13.2. The van der Waals surface area contributed by atoms with Crippen molar-refractivity contribution in [3.8, 4) is 10.6 Å². The summed E-state index contributed by atoms with van der Waals surface area (Å²) in [4.78, 5) is 13.0. The van der Waals surface area contributed by atoms with Crippen LogP contribution in [0.2, 0.25) is 0 Å². The minimum Gasteiger partial charge on any atom is -0.350 e. The van der Waals surface area contributed by atoms with E-state index in [1.54, 1.807) is 11.3 Å². The second-order valence-corrected chi connectivity index (χ2v) is 6.37. The largest absolute Gasteiger partial charge is 0.350 e. The lowest BCUT2D eigenvalue weighted by molar-refractivity contribution is 0.0952. The van der Waals surface area contributed by atoms with Crippen molar-refractivity contribution in [3.63, 3.8) is 0 Å². The van der Waals surface area contributed by atoms with Crippen molar-refractivity contribution in [2.75, 3.05) is 6.54 Å². The van der Waals surface area contributed by atoms with E-state index in [2.05, 4.69) is 22.5 Å². The van der Waals surface area contributed by atoms with Crippen LogP contribution in [0.4, 0.5) is 0 Å². The molecule has 0 fully saturated rings. The van der Waals surface area contributed by atoms with Gasteiger partial charge in [-0.25, -0.2) is 0 Å². The van der Waals surface area contributed by atoms with Gasteiger partial charge in [-0.3, -0.25) is 9.48 Å². The predicted octanol–water partition coefficient (Wildman–Crippen LogP) is 3.41. The normalized spacial score (nSPS) is 10.7. The number of hydrogen-bond acceptors (Lipinski definition) is 4. The molecule has 108 valence electrons. The summed E-state index contributed by atoms with van der Waals surface area (Å²) in [7, 11) is 0. The van der Waals surface area contributed by atoms with E-state index in [-0.39, 0.29) is 5.91 Å². The Balaban J connectivity index is 1.60. The van der Waals surface area contributed by atoms with E-state index in [1.807, 2.05) is 39.9 Å².